The maximum absolute atomic E-state index is 6.85. The third-order valence-electron chi connectivity index (χ3n) is 5.69. The average molecular weight is 377 g/mol. The molecule has 28 heavy (non-hydrogen) atoms. The quantitative estimate of drug-likeness (QED) is 0.753. The fourth-order valence-corrected chi connectivity index (χ4v) is 4.05. The zero-order valence-corrected chi connectivity index (χ0v) is 16.2. The van der Waals surface area contributed by atoms with Gasteiger partial charge >= 0.3 is 0 Å². The van der Waals surface area contributed by atoms with Crippen LogP contribution in [0.5, 0.6) is 0 Å². The first-order valence-corrected chi connectivity index (χ1v) is 9.79. The maximum atomic E-state index is 6.85. The molecule has 2 unspecified atom stereocenters. The molecular formula is C21H27N7. The molecule has 4 rings (SSSR count). The van der Waals surface area contributed by atoms with E-state index in [1.165, 1.54) is 31.2 Å². The smallest absolute Gasteiger partial charge is 0.195 e. The number of benzene rings is 1. The van der Waals surface area contributed by atoms with Gasteiger partial charge in [0.1, 0.15) is 6.33 Å². The molecule has 3 heterocycles. The predicted molar refractivity (Wildman–Crippen MR) is 111 cm³/mol. The summed E-state index contributed by atoms with van der Waals surface area (Å²) in [7, 11) is 0. The van der Waals surface area contributed by atoms with E-state index in [-0.39, 0.29) is 5.96 Å². The maximum Gasteiger partial charge on any atom is 0.195 e. The van der Waals surface area contributed by atoms with Gasteiger partial charge in [0.15, 0.2) is 11.6 Å². The molecule has 1 aromatic heterocycles. The van der Waals surface area contributed by atoms with Gasteiger partial charge in [0.05, 0.1) is 0 Å². The molecular weight excluding hydrogens is 350 g/mol. The van der Waals surface area contributed by atoms with Crippen molar-refractivity contribution >= 4 is 11.5 Å². The molecule has 0 aliphatic carbocycles. The van der Waals surface area contributed by atoms with Gasteiger partial charge < -0.3 is 11.1 Å². The summed E-state index contributed by atoms with van der Waals surface area (Å²) in [5.74, 6) is 0.289. The molecule has 0 amide bonds. The molecule has 1 aromatic carbocycles. The highest BCUT2D eigenvalue weighted by Gasteiger charge is 2.36. The van der Waals surface area contributed by atoms with Gasteiger partial charge in [-0.25, -0.2) is 15.0 Å². The molecule has 0 radical (unpaired) electrons. The number of hydrogen-bond acceptors (Lipinski definition) is 7. The van der Waals surface area contributed by atoms with Crippen LogP contribution in [0.2, 0.25) is 0 Å². The fourth-order valence-electron chi connectivity index (χ4n) is 4.05. The number of guanidine groups is 1. The number of aromatic nitrogens is 2. The predicted octanol–water partition coefficient (Wildman–Crippen LogP) is 2.09. The Bertz CT molecular complexity index is 887. The average Bonchev–Trinajstić information content (AvgIpc) is 2.74. The Kier molecular flexibility index (Phi) is 5.11. The number of piperidine rings is 1. The molecule has 0 spiro atoms. The summed E-state index contributed by atoms with van der Waals surface area (Å²) in [4.78, 5) is 15.4. The van der Waals surface area contributed by atoms with Crippen LogP contribution >= 0.6 is 0 Å². The Hall–Kier alpha value is -2.77. The molecule has 146 valence electrons. The highest BCUT2D eigenvalue weighted by Crippen LogP contribution is 2.37. The summed E-state index contributed by atoms with van der Waals surface area (Å²) in [5, 5.41) is 2.97. The van der Waals surface area contributed by atoms with Gasteiger partial charge in [-0.05, 0) is 44.0 Å². The molecule has 2 aliphatic rings. The van der Waals surface area contributed by atoms with E-state index in [4.69, 9.17) is 11.5 Å². The first kappa shape index (κ1) is 18.6. The summed E-state index contributed by atoms with van der Waals surface area (Å²) in [5.41, 5.74) is 15.5. The second-order valence-corrected chi connectivity index (χ2v) is 7.49. The van der Waals surface area contributed by atoms with Gasteiger partial charge in [0, 0.05) is 35.8 Å². The molecule has 2 atom stereocenters. The molecule has 1 saturated heterocycles. The van der Waals surface area contributed by atoms with E-state index >= 15 is 0 Å². The van der Waals surface area contributed by atoms with Crippen molar-refractivity contribution in [3.05, 3.63) is 65.9 Å². The van der Waals surface area contributed by atoms with E-state index in [1.54, 1.807) is 18.6 Å². The molecule has 7 nitrogen and oxygen atoms in total. The van der Waals surface area contributed by atoms with Crippen LogP contribution in [-0.4, -0.2) is 33.9 Å². The SMILES string of the molecule is CC(c1cccc(C2(N)N=C(N)NC=C2c2cncnc2)c1)N1CCCCC1. The van der Waals surface area contributed by atoms with E-state index in [1.807, 2.05) is 12.1 Å². The standard InChI is InChI=1S/C21H27N7/c1-15(28-8-3-2-4-9-28)16-6-5-7-18(10-16)21(23)19(13-26-20(22)27-21)17-11-24-14-25-12-17/h5-7,10-15H,2-4,8-9,23H2,1H3,(H3,22,26,27). The normalized spacial score (nSPS) is 24.1. The lowest BCUT2D eigenvalue weighted by molar-refractivity contribution is 0.175. The second-order valence-electron chi connectivity index (χ2n) is 7.49. The van der Waals surface area contributed by atoms with Crippen molar-refractivity contribution in [2.24, 2.45) is 16.5 Å². The Labute approximate surface area is 165 Å². The van der Waals surface area contributed by atoms with Gasteiger partial charge in [-0.2, -0.15) is 0 Å². The van der Waals surface area contributed by atoms with Crippen molar-refractivity contribution in [1.29, 1.82) is 0 Å². The van der Waals surface area contributed by atoms with E-state index in [2.05, 4.69) is 44.2 Å². The molecule has 7 heteroatoms. The van der Waals surface area contributed by atoms with Crippen LogP contribution in [-0.2, 0) is 5.66 Å². The molecule has 0 saturated carbocycles. The van der Waals surface area contributed by atoms with Crippen molar-refractivity contribution in [1.82, 2.24) is 20.2 Å². The van der Waals surface area contributed by atoms with Crippen LogP contribution in [0.1, 0.15) is 48.9 Å². The van der Waals surface area contributed by atoms with E-state index in [9.17, 15) is 0 Å². The number of rotatable bonds is 4. The summed E-state index contributed by atoms with van der Waals surface area (Å²) < 4.78 is 0. The number of nitrogens with zero attached hydrogens (tertiary/aromatic N) is 4. The number of nitrogens with one attached hydrogen (secondary N) is 1. The third kappa shape index (κ3) is 3.50. The van der Waals surface area contributed by atoms with Crippen molar-refractivity contribution in [3.63, 3.8) is 0 Å². The Balaban J connectivity index is 1.71. The zero-order chi connectivity index (χ0) is 19.6. The van der Waals surface area contributed by atoms with Gasteiger partial charge in [0.25, 0.3) is 0 Å². The van der Waals surface area contributed by atoms with E-state index < -0.39 is 5.66 Å². The van der Waals surface area contributed by atoms with Crippen LogP contribution in [0.3, 0.4) is 0 Å². The molecule has 5 N–H and O–H groups in total. The van der Waals surface area contributed by atoms with Gasteiger partial charge in [-0.1, -0.05) is 30.7 Å². The molecule has 2 aliphatic heterocycles. The largest absolute Gasteiger partial charge is 0.370 e. The van der Waals surface area contributed by atoms with Crippen molar-refractivity contribution in [2.45, 2.75) is 37.9 Å². The van der Waals surface area contributed by atoms with Crippen LogP contribution in [0.4, 0.5) is 0 Å². The molecule has 1 fully saturated rings. The Morgan fingerprint density at radius 1 is 1.14 bits per heavy atom. The highest BCUT2D eigenvalue weighted by molar-refractivity contribution is 5.88. The van der Waals surface area contributed by atoms with E-state index in [0.29, 0.717) is 6.04 Å². The first-order valence-electron chi connectivity index (χ1n) is 9.79. The van der Waals surface area contributed by atoms with Crippen molar-refractivity contribution < 1.29 is 0 Å². The minimum Gasteiger partial charge on any atom is -0.370 e. The molecule has 0 bridgehead atoms. The zero-order valence-electron chi connectivity index (χ0n) is 16.2. The van der Waals surface area contributed by atoms with E-state index in [0.717, 1.165) is 29.8 Å². The summed E-state index contributed by atoms with van der Waals surface area (Å²) in [6, 6.07) is 8.70. The van der Waals surface area contributed by atoms with Crippen LogP contribution in [0, 0.1) is 0 Å². The lowest BCUT2D eigenvalue weighted by Gasteiger charge is -2.35. The fraction of sp³-hybridized carbons (Fsp3) is 0.381. The van der Waals surface area contributed by atoms with Gasteiger partial charge in [-0.15, -0.1) is 0 Å². The summed E-state index contributed by atoms with van der Waals surface area (Å²) in [6.07, 6.45) is 10.6. The number of likely N-dealkylation sites (tertiary alicyclic amines) is 1. The first-order chi connectivity index (χ1) is 13.6. The van der Waals surface area contributed by atoms with Crippen LogP contribution in [0.25, 0.3) is 5.57 Å². The molecule has 2 aromatic rings. The Morgan fingerprint density at radius 2 is 1.89 bits per heavy atom. The number of nitrogens with two attached hydrogens (primary N) is 2. The second kappa shape index (κ2) is 7.69. The minimum atomic E-state index is -1.10. The monoisotopic (exact) mass is 377 g/mol. The summed E-state index contributed by atoms with van der Waals surface area (Å²) >= 11 is 0. The van der Waals surface area contributed by atoms with Crippen LogP contribution in [0.15, 0.2) is 54.2 Å². The minimum absolute atomic E-state index is 0.289. The Morgan fingerprint density at radius 3 is 2.64 bits per heavy atom. The van der Waals surface area contributed by atoms with Gasteiger partial charge in [-0.3, -0.25) is 10.6 Å². The van der Waals surface area contributed by atoms with Gasteiger partial charge in [0.2, 0.25) is 0 Å². The van der Waals surface area contributed by atoms with Crippen LogP contribution < -0.4 is 16.8 Å². The van der Waals surface area contributed by atoms with Crippen molar-refractivity contribution in [2.75, 3.05) is 13.1 Å². The lowest BCUT2D eigenvalue weighted by Crippen LogP contribution is -2.45. The lowest BCUT2D eigenvalue weighted by atomic mass is 9.87. The number of aliphatic imine (C=N–C) groups is 1. The topological polar surface area (TPSA) is 105 Å². The third-order valence-corrected chi connectivity index (χ3v) is 5.69. The van der Waals surface area contributed by atoms with Crippen molar-refractivity contribution in [3.8, 4) is 0 Å². The summed E-state index contributed by atoms with van der Waals surface area (Å²) in [6.45, 7) is 4.54. The number of hydrogen-bond donors (Lipinski definition) is 3. The highest BCUT2D eigenvalue weighted by atomic mass is 15.2.